The molecule has 128 valence electrons. The van der Waals surface area contributed by atoms with Crippen molar-refractivity contribution in [3.8, 4) is 0 Å². The number of carbonyl (C=O) groups is 1. The summed E-state index contributed by atoms with van der Waals surface area (Å²) in [6.07, 6.45) is -4.18. The second-order valence-corrected chi connectivity index (χ2v) is 5.93. The van der Waals surface area contributed by atoms with E-state index in [1.807, 2.05) is 18.2 Å². The SMILES string of the molecule is CC(N)(C(=O)[O-])C(Cc1ccccc1)c1ccc(C(F)(F)F)cc1. The molecule has 0 aliphatic heterocycles. The summed E-state index contributed by atoms with van der Waals surface area (Å²) in [5.41, 5.74) is 4.65. The van der Waals surface area contributed by atoms with Crippen LogP contribution in [0.3, 0.4) is 0 Å². The zero-order valence-electron chi connectivity index (χ0n) is 13.0. The molecule has 0 amide bonds. The van der Waals surface area contributed by atoms with E-state index in [4.69, 9.17) is 5.73 Å². The Hall–Kier alpha value is -2.34. The van der Waals surface area contributed by atoms with Gasteiger partial charge in [0.15, 0.2) is 0 Å². The number of carbonyl (C=O) groups excluding carboxylic acids is 1. The summed E-state index contributed by atoms with van der Waals surface area (Å²) < 4.78 is 38.1. The van der Waals surface area contributed by atoms with Gasteiger partial charge in [-0.05, 0) is 36.6 Å². The number of nitrogens with two attached hydrogens (primary N) is 1. The number of rotatable bonds is 5. The summed E-state index contributed by atoms with van der Waals surface area (Å²) in [5, 5.41) is 11.4. The maximum absolute atomic E-state index is 12.7. The standard InChI is InChI=1S/C18H18F3NO2/c1-17(22,16(23)24)15(11-12-5-3-2-4-6-12)13-7-9-14(10-8-13)18(19,20)21/h2-10,15H,11,22H2,1H3,(H,23,24)/p-1. The second kappa shape index (κ2) is 6.65. The summed E-state index contributed by atoms with van der Waals surface area (Å²) in [6.45, 7) is 1.31. The molecule has 0 aromatic heterocycles. The van der Waals surface area contributed by atoms with Gasteiger partial charge >= 0.3 is 6.18 Å². The van der Waals surface area contributed by atoms with Crippen LogP contribution in [-0.2, 0) is 17.4 Å². The number of hydrogen-bond donors (Lipinski definition) is 1. The minimum absolute atomic E-state index is 0.271. The van der Waals surface area contributed by atoms with Gasteiger partial charge < -0.3 is 15.6 Å². The zero-order chi connectivity index (χ0) is 18.0. The Bertz CT molecular complexity index is 694. The Morgan fingerprint density at radius 1 is 1.08 bits per heavy atom. The lowest BCUT2D eigenvalue weighted by Crippen LogP contribution is -2.57. The first-order valence-corrected chi connectivity index (χ1v) is 7.34. The molecule has 0 bridgehead atoms. The van der Waals surface area contributed by atoms with Gasteiger partial charge in [-0.3, -0.25) is 0 Å². The molecule has 0 heterocycles. The molecule has 2 rings (SSSR count). The molecule has 6 heteroatoms. The molecular weight excluding hydrogens is 319 g/mol. The first-order chi connectivity index (χ1) is 11.1. The first-order valence-electron chi connectivity index (χ1n) is 7.34. The number of carboxylic acids is 1. The van der Waals surface area contributed by atoms with E-state index in [1.165, 1.54) is 19.1 Å². The molecule has 0 saturated heterocycles. The van der Waals surface area contributed by atoms with E-state index < -0.39 is 29.2 Å². The van der Waals surface area contributed by atoms with E-state index >= 15 is 0 Å². The van der Waals surface area contributed by atoms with Gasteiger partial charge in [0.2, 0.25) is 0 Å². The molecule has 2 aromatic rings. The van der Waals surface area contributed by atoms with Crippen LogP contribution in [-0.4, -0.2) is 11.5 Å². The van der Waals surface area contributed by atoms with Crippen LogP contribution in [0.15, 0.2) is 54.6 Å². The van der Waals surface area contributed by atoms with Crippen LogP contribution < -0.4 is 10.8 Å². The van der Waals surface area contributed by atoms with Crippen molar-refractivity contribution in [2.45, 2.75) is 31.0 Å². The van der Waals surface area contributed by atoms with Gasteiger partial charge in [0.25, 0.3) is 0 Å². The predicted octanol–water partition coefficient (Wildman–Crippen LogP) is 2.50. The largest absolute Gasteiger partial charge is 0.548 e. The van der Waals surface area contributed by atoms with Gasteiger partial charge in [-0.2, -0.15) is 13.2 Å². The molecule has 24 heavy (non-hydrogen) atoms. The summed E-state index contributed by atoms with van der Waals surface area (Å²) in [5.74, 6) is -2.18. The van der Waals surface area contributed by atoms with Crippen molar-refractivity contribution < 1.29 is 23.1 Å². The van der Waals surface area contributed by atoms with Crippen molar-refractivity contribution >= 4 is 5.97 Å². The van der Waals surface area contributed by atoms with Gasteiger partial charge in [-0.25, -0.2) is 0 Å². The maximum atomic E-state index is 12.7. The van der Waals surface area contributed by atoms with Crippen molar-refractivity contribution in [3.05, 3.63) is 71.3 Å². The molecule has 0 spiro atoms. The predicted molar refractivity (Wildman–Crippen MR) is 81.9 cm³/mol. The van der Waals surface area contributed by atoms with E-state index in [1.54, 1.807) is 12.1 Å². The average molecular weight is 336 g/mol. The number of halogens is 3. The third-order valence-electron chi connectivity index (χ3n) is 4.09. The van der Waals surface area contributed by atoms with Gasteiger partial charge in [-0.15, -0.1) is 0 Å². The van der Waals surface area contributed by atoms with Crippen LogP contribution in [0.5, 0.6) is 0 Å². The van der Waals surface area contributed by atoms with E-state index in [0.29, 0.717) is 5.56 Å². The van der Waals surface area contributed by atoms with Crippen molar-refractivity contribution in [2.75, 3.05) is 0 Å². The molecule has 3 nitrogen and oxygen atoms in total. The van der Waals surface area contributed by atoms with Crippen LogP contribution in [0.25, 0.3) is 0 Å². The quantitative estimate of drug-likeness (QED) is 0.912. The highest BCUT2D eigenvalue weighted by Gasteiger charge is 2.34. The first kappa shape index (κ1) is 18.0. The van der Waals surface area contributed by atoms with Gasteiger partial charge in [0, 0.05) is 5.92 Å². The molecule has 0 fully saturated rings. The fourth-order valence-electron chi connectivity index (χ4n) is 2.57. The van der Waals surface area contributed by atoms with Gasteiger partial charge in [0.05, 0.1) is 17.1 Å². The van der Waals surface area contributed by atoms with Crippen LogP contribution in [0.4, 0.5) is 13.2 Å². The number of aliphatic carboxylic acids is 1. The normalized spacial score (nSPS) is 15.5. The zero-order valence-corrected chi connectivity index (χ0v) is 13.0. The summed E-state index contributed by atoms with van der Waals surface area (Å²) >= 11 is 0. The lowest BCUT2D eigenvalue weighted by atomic mass is 9.77. The van der Waals surface area contributed by atoms with Crippen LogP contribution >= 0.6 is 0 Å². The summed E-state index contributed by atoms with van der Waals surface area (Å²) in [6, 6.07) is 13.4. The third kappa shape index (κ3) is 3.94. The molecule has 2 unspecified atom stereocenters. The highest BCUT2D eigenvalue weighted by atomic mass is 19.4. The molecule has 2 N–H and O–H groups in total. The maximum Gasteiger partial charge on any atom is 0.416 e. The molecule has 0 aliphatic carbocycles. The Morgan fingerprint density at radius 3 is 2.08 bits per heavy atom. The Morgan fingerprint density at radius 2 is 1.62 bits per heavy atom. The number of alkyl halides is 3. The molecule has 2 aromatic carbocycles. The lowest BCUT2D eigenvalue weighted by Gasteiger charge is -2.35. The molecular formula is C18H17F3NO2-. The Kier molecular flexibility index (Phi) is 4.99. The fourth-order valence-corrected chi connectivity index (χ4v) is 2.57. The van der Waals surface area contributed by atoms with Crippen molar-refractivity contribution in [1.29, 1.82) is 0 Å². The van der Waals surface area contributed by atoms with E-state index in [2.05, 4.69) is 0 Å². The Balaban J connectivity index is 2.41. The van der Waals surface area contributed by atoms with Crippen LogP contribution in [0, 0.1) is 0 Å². The average Bonchev–Trinajstić information content (AvgIpc) is 2.52. The molecule has 0 radical (unpaired) electrons. The second-order valence-electron chi connectivity index (χ2n) is 5.93. The minimum Gasteiger partial charge on any atom is -0.548 e. The van der Waals surface area contributed by atoms with E-state index in [0.717, 1.165) is 17.7 Å². The Labute approximate surface area is 137 Å². The van der Waals surface area contributed by atoms with E-state index in [9.17, 15) is 23.1 Å². The van der Waals surface area contributed by atoms with Gasteiger partial charge in [0.1, 0.15) is 0 Å². The number of carboxylic acid groups (broad SMARTS) is 1. The monoisotopic (exact) mass is 336 g/mol. The smallest absolute Gasteiger partial charge is 0.416 e. The lowest BCUT2D eigenvalue weighted by molar-refractivity contribution is -0.313. The van der Waals surface area contributed by atoms with Gasteiger partial charge in [-0.1, -0.05) is 42.5 Å². The summed E-state index contributed by atoms with van der Waals surface area (Å²) in [7, 11) is 0. The summed E-state index contributed by atoms with van der Waals surface area (Å²) in [4.78, 5) is 11.4. The molecule has 2 atom stereocenters. The van der Waals surface area contributed by atoms with Crippen molar-refractivity contribution in [3.63, 3.8) is 0 Å². The molecule has 0 saturated carbocycles. The van der Waals surface area contributed by atoms with Crippen molar-refractivity contribution in [2.24, 2.45) is 5.73 Å². The van der Waals surface area contributed by atoms with Crippen LogP contribution in [0.1, 0.15) is 29.5 Å². The van der Waals surface area contributed by atoms with E-state index in [-0.39, 0.29) is 6.42 Å². The minimum atomic E-state index is -4.45. The highest BCUT2D eigenvalue weighted by molar-refractivity contribution is 5.77. The highest BCUT2D eigenvalue weighted by Crippen LogP contribution is 2.34. The number of benzene rings is 2. The topological polar surface area (TPSA) is 66.2 Å². The van der Waals surface area contributed by atoms with Crippen molar-refractivity contribution in [1.82, 2.24) is 0 Å². The third-order valence-corrected chi connectivity index (χ3v) is 4.09. The van der Waals surface area contributed by atoms with Crippen LogP contribution in [0.2, 0.25) is 0 Å². The number of hydrogen-bond acceptors (Lipinski definition) is 3. The molecule has 0 aliphatic rings. The fraction of sp³-hybridized carbons (Fsp3) is 0.278.